The molecule has 1 aliphatic heterocycles. The molecule has 1 fully saturated rings. The minimum absolute atomic E-state index is 0.184. The van der Waals surface area contributed by atoms with Gasteiger partial charge in [0, 0.05) is 18.7 Å². The average molecular weight is 341 g/mol. The molecule has 1 saturated heterocycles. The molecular formula is C15H14F3N3O3. The van der Waals surface area contributed by atoms with Crippen molar-refractivity contribution in [3.63, 3.8) is 0 Å². The average Bonchev–Trinajstić information content (AvgIpc) is 3.07. The van der Waals surface area contributed by atoms with Gasteiger partial charge in [-0.25, -0.2) is 4.79 Å². The van der Waals surface area contributed by atoms with E-state index in [0.717, 1.165) is 19.3 Å². The molecule has 24 heavy (non-hydrogen) atoms. The minimum Gasteiger partial charge on any atom is -0.410 e. The molecule has 2 aromatic rings. The predicted molar refractivity (Wildman–Crippen MR) is 76.2 cm³/mol. The van der Waals surface area contributed by atoms with Gasteiger partial charge in [-0.3, -0.25) is 0 Å². The summed E-state index contributed by atoms with van der Waals surface area (Å²) in [5, 5.41) is 3.29. The highest BCUT2D eigenvalue weighted by Gasteiger charge is 2.38. The van der Waals surface area contributed by atoms with Crippen LogP contribution < -0.4 is 4.74 Å². The van der Waals surface area contributed by atoms with Crippen molar-refractivity contribution >= 4 is 6.09 Å². The van der Waals surface area contributed by atoms with Crippen molar-refractivity contribution in [1.82, 2.24) is 15.0 Å². The number of nitrogens with zero attached hydrogens (tertiary/aromatic N) is 3. The van der Waals surface area contributed by atoms with Gasteiger partial charge in [0.05, 0.1) is 0 Å². The van der Waals surface area contributed by atoms with Crippen LogP contribution in [0.3, 0.4) is 0 Å². The van der Waals surface area contributed by atoms with Gasteiger partial charge in [-0.05, 0) is 43.5 Å². The normalized spacial score (nSPS) is 15.4. The zero-order valence-corrected chi connectivity index (χ0v) is 12.5. The van der Waals surface area contributed by atoms with Crippen LogP contribution in [-0.2, 0) is 6.18 Å². The Morgan fingerprint density at radius 2 is 1.79 bits per heavy atom. The highest BCUT2D eigenvalue weighted by atomic mass is 19.4. The van der Waals surface area contributed by atoms with Gasteiger partial charge < -0.3 is 14.2 Å². The van der Waals surface area contributed by atoms with E-state index in [9.17, 15) is 18.0 Å². The van der Waals surface area contributed by atoms with Crippen molar-refractivity contribution in [2.75, 3.05) is 13.1 Å². The van der Waals surface area contributed by atoms with E-state index in [1.165, 1.54) is 24.3 Å². The molecule has 0 saturated carbocycles. The number of aromatic nitrogens is 2. The number of amides is 1. The van der Waals surface area contributed by atoms with Crippen molar-refractivity contribution in [2.45, 2.75) is 25.4 Å². The molecule has 3 rings (SSSR count). The maximum Gasteiger partial charge on any atom is 0.471 e. The Labute approximate surface area is 135 Å². The third-order valence-corrected chi connectivity index (χ3v) is 3.60. The molecule has 0 N–H and O–H groups in total. The lowest BCUT2D eigenvalue weighted by Crippen LogP contribution is -2.37. The van der Waals surface area contributed by atoms with E-state index in [2.05, 4.69) is 14.7 Å². The minimum atomic E-state index is -4.69. The predicted octanol–water partition coefficient (Wildman–Crippen LogP) is 3.74. The Hall–Kier alpha value is -2.58. The zero-order chi connectivity index (χ0) is 17.2. The summed E-state index contributed by atoms with van der Waals surface area (Å²) in [6, 6.07) is 5.87. The molecule has 6 nitrogen and oxygen atoms in total. The van der Waals surface area contributed by atoms with Crippen LogP contribution in [-0.4, -0.2) is 34.2 Å². The lowest BCUT2D eigenvalue weighted by Gasteiger charge is -2.25. The number of carbonyl (C=O) groups is 1. The van der Waals surface area contributed by atoms with E-state index in [1.54, 1.807) is 4.90 Å². The third-order valence-electron chi connectivity index (χ3n) is 3.60. The molecule has 1 aliphatic rings. The summed E-state index contributed by atoms with van der Waals surface area (Å²) in [6.07, 6.45) is -2.11. The number of ether oxygens (including phenoxy) is 1. The van der Waals surface area contributed by atoms with Crippen molar-refractivity contribution < 1.29 is 27.2 Å². The van der Waals surface area contributed by atoms with Crippen LogP contribution >= 0.6 is 0 Å². The van der Waals surface area contributed by atoms with Crippen LogP contribution in [0.4, 0.5) is 18.0 Å². The standard InChI is InChI=1S/C15H14F3N3O3/c16-15(17,18)13-19-12(20-24-13)10-4-6-11(7-5-10)23-14(22)21-8-2-1-3-9-21/h4-7H,1-3,8-9H2. The summed E-state index contributed by atoms with van der Waals surface area (Å²) in [7, 11) is 0. The highest BCUT2D eigenvalue weighted by molar-refractivity contribution is 5.71. The second-order valence-corrected chi connectivity index (χ2v) is 5.36. The molecule has 0 unspecified atom stereocenters. The van der Waals surface area contributed by atoms with Crippen LogP contribution in [0.1, 0.15) is 25.2 Å². The van der Waals surface area contributed by atoms with E-state index >= 15 is 0 Å². The Kier molecular flexibility index (Phi) is 4.41. The van der Waals surface area contributed by atoms with E-state index in [0.29, 0.717) is 24.4 Å². The second kappa shape index (κ2) is 6.50. The number of likely N-dealkylation sites (tertiary alicyclic amines) is 1. The smallest absolute Gasteiger partial charge is 0.410 e. The maximum atomic E-state index is 12.4. The van der Waals surface area contributed by atoms with Crippen LogP contribution in [0.5, 0.6) is 5.75 Å². The van der Waals surface area contributed by atoms with Gasteiger partial charge in [0.2, 0.25) is 5.82 Å². The first-order chi connectivity index (χ1) is 11.4. The van der Waals surface area contributed by atoms with Crippen molar-refractivity contribution in [3.05, 3.63) is 30.2 Å². The van der Waals surface area contributed by atoms with Gasteiger partial charge in [0.1, 0.15) is 5.75 Å². The number of hydrogen-bond acceptors (Lipinski definition) is 5. The number of hydrogen-bond donors (Lipinski definition) is 0. The summed E-state index contributed by atoms with van der Waals surface area (Å²) in [6.45, 7) is 1.33. The lowest BCUT2D eigenvalue weighted by molar-refractivity contribution is -0.159. The second-order valence-electron chi connectivity index (χ2n) is 5.36. The summed E-state index contributed by atoms with van der Waals surface area (Å²) < 4.78 is 46.8. The van der Waals surface area contributed by atoms with Gasteiger partial charge in [-0.15, -0.1) is 0 Å². The first-order valence-corrected chi connectivity index (χ1v) is 7.41. The fourth-order valence-corrected chi connectivity index (χ4v) is 2.37. The van der Waals surface area contributed by atoms with E-state index in [-0.39, 0.29) is 5.82 Å². The topological polar surface area (TPSA) is 68.5 Å². The summed E-state index contributed by atoms with van der Waals surface area (Å²) in [5.74, 6) is -1.29. The molecule has 0 bridgehead atoms. The van der Waals surface area contributed by atoms with Crippen LogP contribution in [0, 0.1) is 0 Å². The Balaban J connectivity index is 1.67. The number of halogens is 3. The van der Waals surface area contributed by atoms with Crippen molar-refractivity contribution in [3.8, 4) is 17.1 Å². The SMILES string of the molecule is O=C(Oc1ccc(-c2noc(C(F)(F)F)n2)cc1)N1CCCCC1. The van der Waals surface area contributed by atoms with Gasteiger partial charge in [-0.1, -0.05) is 5.16 Å². The molecule has 9 heteroatoms. The Morgan fingerprint density at radius 1 is 1.12 bits per heavy atom. The first-order valence-electron chi connectivity index (χ1n) is 7.41. The van der Waals surface area contributed by atoms with Gasteiger partial charge >= 0.3 is 18.2 Å². The van der Waals surface area contributed by atoms with Crippen molar-refractivity contribution in [1.29, 1.82) is 0 Å². The Morgan fingerprint density at radius 3 is 2.38 bits per heavy atom. The highest BCUT2D eigenvalue weighted by Crippen LogP contribution is 2.29. The molecule has 128 valence electrons. The lowest BCUT2D eigenvalue weighted by atomic mass is 10.1. The quantitative estimate of drug-likeness (QED) is 0.832. The number of alkyl halides is 3. The van der Waals surface area contributed by atoms with Crippen LogP contribution in [0.2, 0.25) is 0 Å². The summed E-state index contributed by atoms with van der Waals surface area (Å²) in [4.78, 5) is 16.9. The van der Waals surface area contributed by atoms with Crippen LogP contribution in [0.15, 0.2) is 28.8 Å². The first kappa shape index (κ1) is 16.3. The molecule has 2 heterocycles. The Bertz CT molecular complexity index is 707. The molecule has 0 radical (unpaired) electrons. The molecule has 1 aromatic carbocycles. The van der Waals surface area contributed by atoms with Crippen molar-refractivity contribution in [2.24, 2.45) is 0 Å². The number of rotatable bonds is 2. The monoisotopic (exact) mass is 341 g/mol. The van der Waals surface area contributed by atoms with E-state index < -0.39 is 18.2 Å². The van der Waals surface area contributed by atoms with Crippen LogP contribution in [0.25, 0.3) is 11.4 Å². The molecule has 0 atom stereocenters. The molecular weight excluding hydrogens is 327 g/mol. The number of benzene rings is 1. The summed E-state index contributed by atoms with van der Waals surface area (Å²) in [5.41, 5.74) is 0.326. The molecule has 0 spiro atoms. The summed E-state index contributed by atoms with van der Waals surface area (Å²) >= 11 is 0. The fraction of sp³-hybridized carbons (Fsp3) is 0.400. The molecule has 1 aromatic heterocycles. The largest absolute Gasteiger partial charge is 0.471 e. The van der Waals surface area contributed by atoms with Gasteiger partial charge in [0.25, 0.3) is 0 Å². The molecule has 1 amide bonds. The third kappa shape index (κ3) is 3.66. The number of carbonyl (C=O) groups excluding carboxylic acids is 1. The van der Waals surface area contributed by atoms with E-state index in [4.69, 9.17) is 4.74 Å². The number of piperidine rings is 1. The molecule has 0 aliphatic carbocycles. The zero-order valence-electron chi connectivity index (χ0n) is 12.5. The fourth-order valence-electron chi connectivity index (χ4n) is 2.37. The van der Waals surface area contributed by atoms with Gasteiger partial charge in [-0.2, -0.15) is 18.2 Å². The van der Waals surface area contributed by atoms with Gasteiger partial charge in [0.15, 0.2) is 0 Å². The van der Waals surface area contributed by atoms with E-state index in [1.807, 2.05) is 0 Å². The maximum absolute atomic E-state index is 12.4.